The molecule has 1 N–H and O–H groups in total. The normalized spacial score (nSPS) is 11.4. The largest absolute Gasteiger partial charge is 0.457 e. The molecule has 0 saturated heterocycles. The SMILES string of the molecule is Cc1ccc(Oc2ccc(C(C)(C)C)cc2)c(CO)c1. The minimum atomic E-state index is -0.0168. The number of benzene rings is 2. The Labute approximate surface area is 121 Å². The molecule has 0 atom stereocenters. The molecular formula is C18H22O2. The topological polar surface area (TPSA) is 29.5 Å². The molecular weight excluding hydrogens is 248 g/mol. The highest BCUT2D eigenvalue weighted by Crippen LogP contribution is 2.29. The van der Waals surface area contributed by atoms with Gasteiger partial charge < -0.3 is 9.84 Å². The fourth-order valence-corrected chi connectivity index (χ4v) is 2.08. The van der Waals surface area contributed by atoms with Crippen LogP contribution in [0.1, 0.15) is 37.5 Å². The first-order valence-corrected chi connectivity index (χ1v) is 6.89. The van der Waals surface area contributed by atoms with Crippen molar-refractivity contribution in [3.8, 4) is 11.5 Å². The first-order valence-electron chi connectivity index (χ1n) is 6.89. The zero-order valence-corrected chi connectivity index (χ0v) is 12.6. The highest BCUT2D eigenvalue weighted by Gasteiger charge is 2.13. The van der Waals surface area contributed by atoms with Crippen molar-refractivity contribution in [2.45, 2.75) is 39.7 Å². The van der Waals surface area contributed by atoms with Crippen LogP contribution < -0.4 is 4.74 Å². The number of hydrogen-bond acceptors (Lipinski definition) is 2. The Morgan fingerprint density at radius 3 is 2.20 bits per heavy atom. The zero-order chi connectivity index (χ0) is 14.8. The lowest BCUT2D eigenvalue weighted by Gasteiger charge is -2.19. The van der Waals surface area contributed by atoms with Crippen LogP contribution in [-0.4, -0.2) is 5.11 Å². The van der Waals surface area contributed by atoms with E-state index in [1.807, 2.05) is 37.3 Å². The molecule has 0 bridgehead atoms. The molecule has 0 aliphatic heterocycles. The van der Waals surface area contributed by atoms with Crippen LogP contribution in [0.3, 0.4) is 0 Å². The summed E-state index contributed by atoms with van der Waals surface area (Å²) in [4.78, 5) is 0. The zero-order valence-electron chi connectivity index (χ0n) is 12.6. The molecule has 2 rings (SSSR count). The first kappa shape index (κ1) is 14.6. The second kappa shape index (κ2) is 5.68. The van der Waals surface area contributed by atoms with Crippen molar-refractivity contribution in [1.82, 2.24) is 0 Å². The van der Waals surface area contributed by atoms with Gasteiger partial charge in [-0.3, -0.25) is 0 Å². The van der Waals surface area contributed by atoms with E-state index in [1.54, 1.807) is 0 Å². The summed E-state index contributed by atoms with van der Waals surface area (Å²) in [5.74, 6) is 1.50. The molecule has 2 heteroatoms. The lowest BCUT2D eigenvalue weighted by Crippen LogP contribution is -2.10. The molecule has 0 unspecified atom stereocenters. The number of ether oxygens (including phenoxy) is 1. The van der Waals surface area contributed by atoms with Gasteiger partial charge in [-0.15, -0.1) is 0 Å². The molecule has 0 aromatic heterocycles. The molecule has 0 fully saturated rings. The maximum Gasteiger partial charge on any atom is 0.132 e. The third kappa shape index (κ3) is 3.40. The van der Waals surface area contributed by atoms with Crippen LogP contribution in [0, 0.1) is 6.92 Å². The van der Waals surface area contributed by atoms with Gasteiger partial charge in [0.05, 0.1) is 6.61 Å². The molecule has 2 nitrogen and oxygen atoms in total. The smallest absolute Gasteiger partial charge is 0.132 e. The first-order chi connectivity index (χ1) is 9.40. The van der Waals surface area contributed by atoms with Crippen molar-refractivity contribution in [3.63, 3.8) is 0 Å². The van der Waals surface area contributed by atoms with Gasteiger partial charge in [0.2, 0.25) is 0 Å². The van der Waals surface area contributed by atoms with Gasteiger partial charge in [0.1, 0.15) is 11.5 Å². The second-order valence-corrected chi connectivity index (χ2v) is 6.15. The standard InChI is InChI=1S/C18H22O2/c1-13-5-10-17(14(11-13)12-19)20-16-8-6-15(7-9-16)18(2,3)4/h5-11,19H,12H2,1-4H3. The Kier molecular flexibility index (Phi) is 4.15. The van der Waals surface area contributed by atoms with Gasteiger partial charge in [-0.2, -0.15) is 0 Å². The van der Waals surface area contributed by atoms with Crippen LogP contribution in [-0.2, 0) is 12.0 Å². The van der Waals surface area contributed by atoms with Gasteiger partial charge in [-0.05, 0) is 36.1 Å². The van der Waals surface area contributed by atoms with Gasteiger partial charge in [-0.1, -0.05) is 50.6 Å². The predicted molar refractivity (Wildman–Crippen MR) is 82.3 cm³/mol. The monoisotopic (exact) mass is 270 g/mol. The summed E-state index contributed by atoms with van der Waals surface area (Å²) in [5, 5.41) is 9.39. The van der Waals surface area contributed by atoms with Crippen molar-refractivity contribution in [1.29, 1.82) is 0 Å². The van der Waals surface area contributed by atoms with Crippen LogP contribution in [0.4, 0.5) is 0 Å². The van der Waals surface area contributed by atoms with E-state index in [2.05, 4.69) is 32.9 Å². The van der Waals surface area contributed by atoms with Gasteiger partial charge in [0.15, 0.2) is 0 Å². The van der Waals surface area contributed by atoms with E-state index in [9.17, 15) is 5.11 Å². The maximum absolute atomic E-state index is 9.39. The van der Waals surface area contributed by atoms with E-state index in [1.165, 1.54) is 5.56 Å². The molecule has 0 radical (unpaired) electrons. The molecule has 0 amide bonds. The van der Waals surface area contributed by atoms with Crippen molar-refractivity contribution >= 4 is 0 Å². The molecule has 0 aliphatic rings. The van der Waals surface area contributed by atoms with Gasteiger partial charge >= 0.3 is 0 Å². The molecule has 0 spiro atoms. The van der Waals surface area contributed by atoms with Crippen molar-refractivity contribution in [3.05, 3.63) is 59.2 Å². The van der Waals surface area contributed by atoms with E-state index in [-0.39, 0.29) is 12.0 Å². The summed E-state index contributed by atoms with van der Waals surface area (Å²) in [7, 11) is 0. The van der Waals surface area contributed by atoms with Crippen molar-refractivity contribution < 1.29 is 9.84 Å². The number of rotatable bonds is 3. The Hall–Kier alpha value is -1.80. The Bertz CT molecular complexity index is 577. The van der Waals surface area contributed by atoms with Gasteiger partial charge in [-0.25, -0.2) is 0 Å². The van der Waals surface area contributed by atoms with E-state index < -0.39 is 0 Å². The average Bonchev–Trinajstić information content (AvgIpc) is 2.40. The van der Waals surface area contributed by atoms with Gasteiger partial charge in [0, 0.05) is 5.56 Å². The lowest BCUT2D eigenvalue weighted by molar-refractivity contribution is 0.276. The molecule has 2 aromatic rings. The minimum absolute atomic E-state index is 0.0168. The van der Waals surface area contributed by atoms with Crippen molar-refractivity contribution in [2.75, 3.05) is 0 Å². The molecule has 2 aromatic carbocycles. The molecule has 106 valence electrons. The summed E-state index contributed by atoms with van der Waals surface area (Å²) >= 11 is 0. The van der Waals surface area contributed by atoms with Crippen molar-refractivity contribution in [2.24, 2.45) is 0 Å². The number of hydrogen-bond donors (Lipinski definition) is 1. The minimum Gasteiger partial charge on any atom is -0.457 e. The second-order valence-electron chi connectivity index (χ2n) is 6.15. The molecule has 0 saturated carbocycles. The molecule has 0 aliphatic carbocycles. The number of aliphatic hydroxyl groups excluding tert-OH is 1. The van der Waals surface area contributed by atoms with Crippen LogP contribution in [0.5, 0.6) is 11.5 Å². The number of aryl methyl sites for hydroxylation is 1. The molecule has 0 heterocycles. The maximum atomic E-state index is 9.39. The summed E-state index contributed by atoms with van der Waals surface area (Å²) < 4.78 is 5.86. The fourth-order valence-electron chi connectivity index (χ4n) is 2.08. The number of aliphatic hydroxyl groups is 1. The Balaban J connectivity index is 2.22. The predicted octanol–water partition coefficient (Wildman–Crippen LogP) is 4.58. The quantitative estimate of drug-likeness (QED) is 0.884. The van der Waals surface area contributed by atoms with E-state index in [0.29, 0.717) is 5.75 Å². The summed E-state index contributed by atoms with van der Waals surface area (Å²) in [6, 6.07) is 13.9. The Morgan fingerprint density at radius 1 is 1.00 bits per heavy atom. The molecule has 20 heavy (non-hydrogen) atoms. The third-order valence-corrected chi connectivity index (χ3v) is 3.33. The highest BCUT2D eigenvalue weighted by molar-refractivity contribution is 5.41. The van der Waals surface area contributed by atoms with E-state index in [4.69, 9.17) is 4.74 Å². The van der Waals surface area contributed by atoms with E-state index >= 15 is 0 Å². The summed E-state index contributed by atoms with van der Waals surface area (Å²) in [5.41, 5.74) is 3.34. The van der Waals surface area contributed by atoms with Crippen LogP contribution in [0.15, 0.2) is 42.5 Å². The summed E-state index contributed by atoms with van der Waals surface area (Å²) in [6.07, 6.45) is 0. The highest BCUT2D eigenvalue weighted by atomic mass is 16.5. The average molecular weight is 270 g/mol. The Morgan fingerprint density at radius 2 is 1.65 bits per heavy atom. The van der Waals surface area contributed by atoms with Crippen LogP contribution in [0.25, 0.3) is 0 Å². The van der Waals surface area contributed by atoms with Crippen LogP contribution >= 0.6 is 0 Å². The lowest BCUT2D eigenvalue weighted by atomic mass is 9.87. The fraction of sp³-hybridized carbons (Fsp3) is 0.333. The van der Waals surface area contributed by atoms with Gasteiger partial charge in [0.25, 0.3) is 0 Å². The summed E-state index contributed by atoms with van der Waals surface area (Å²) in [6.45, 7) is 8.55. The third-order valence-electron chi connectivity index (χ3n) is 3.33. The van der Waals surface area contributed by atoms with E-state index in [0.717, 1.165) is 16.9 Å². The van der Waals surface area contributed by atoms with Crippen LogP contribution in [0.2, 0.25) is 0 Å².